The van der Waals surface area contributed by atoms with E-state index in [-0.39, 0.29) is 17.2 Å². The Kier molecular flexibility index (Phi) is 5.87. The molecular formula is C17H18BrNO4. The average molecular weight is 380 g/mol. The molecule has 1 amide bonds. The van der Waals surface area contributed by atoms with Gasteiger partial charge in [0, 0.05) is 11.0 Å². The van der Waals surface area contributed by atoms with Crippen LogP contribution in [0.5, 0.6) is 17.2 Å². The van der Waals surface area contributed by atoms with Crippen LogP contribution in [-0.2, 0) is 6.54 Å². The SMILES string of the molecule is CCOc1ccc(CNC(=O)c2ccc(Br)cc2O)cc1OC. The van der Waals surface area contributed by atoms with Crippen LogP contribution in [0, 0.1) is 0 Å². The maximum Gasteiger partial charge on any atom is 0.255 e. The number of phenols is 1. The minimum atomic E-state index is -0.345. The quantitative estimate of drug-likeness (QED) is 0.805. The van der Waals surface area contributed by atoms with Crippen molar-refractivity contribution in [2.24, 2.45) is 0 Å². The maximum atomic E-state index is 12.1. The van der Waals surface area contributed by atoms with Crippen LogP contribution in [0.25, 0.3) is 0 Å². The van der Waals surface area contributed by atoms with Crippen molar-refractivity contribution in [1.29, 1.82) is 0 Å². The summed E-state index contributed by atoms with van der Waals surface area (Å²) in [5.74, 6) is 0.865. The molecule has 0 heterocycles. The predicted molar refractivity (Wildman–Crippen MR) is 91.1 cm³/mol. The average Bonchev–Trinajstić information content (AvgIpc) is 2.53. The zero-order chi connectivity index (χ0) is 16.8. The molecule has 2 N–H and O–H groups in total. The Morgan fingerprint density at radius 3 is 2.65 bits per heavy atom. The van der Waals surface area contributed by atoms with Crippen molar-refractivity contribution < 1.29 is 19.4 Å². The predicted octanol–water partition coefficient (Wildman–Crippen LogP) is 3.49. The van der Waals surface area contributed by atoms with Gasteiger partial charge in [0.15, 0.2) is 11.5 Å². The number of hydrogen-bond donors (Lipinski definition) is 2. The number of rotatable bonds is 6. The lowest BCUT2D eigenvalue weighted by molar-refractivity contribution is 0.0948. The van der Waals surface area contributed by atoms with Gasteiger partial charge < -0.3 is 19.9 Å². The molecule has 122 valence electrons. The van der Waals surface area contributed by atoms with E-state index in [1.807, 2.05) is 19.1 Å². The number of carbonyl (C=O) groups excluding carboxylic acids is 1. The summed E-state index contributed by atoms with van der Waals surface area (Å²) in [6, 6.07) is 10.2. The van der Waals surface area contributed by atoms with Crippen LogP contribution in [0.3, 0.4) is 0 Å². The van der Waals surface area contributed by atoms with Gasteiger partial charge in [-0.25, -0.2) is 0 Å². The smallest absolute Gasteiger partial charge is 0.255 e. The van der Waals surface area contributed by atoms with Gasteiger partial charge >= 0.3 is 0 Å². The normalized spacial score (nSPS) is 10.2. The number of benzene rings is 2. The van der Waals surface area contributed by atoms with Gasteiger partial charge in [-0.2, -0.15) is 0 Å². The molecule has 0 radical (unpaired) electrons. The molecule has 0 aliphatic carbocycles. The first kappa shape index (κ1) is 17.1. The van der Waals surface area contributed by atoms with E-state index in [1.165, 1.54) is 6.07 Å². The summed E-state index contributed by atoms with van der Waals surface area (Å²) in [5, 5.41) is 12.6. The van der Waals surface area contributed by atoms with Gasteiger partial charge in [-0.1, -0.05) is 22.0 Å². The molecule has 0 spiro atoms. The van der Waals surface area contributed by atoms with Gasteiger partial charge in [0.1, 0.15) is 5.75 Å². The van der Waals surface area contributed by atoms with E-state index in [0.717, 1.165) is 5.56 Å². The molecule has 2 rings (SSSR count). The van der Waals surface area contributed by atoms with Crippen LogP contribution in [0.4, 0.5) is 0 Å². The van der Waals surface area contributed by atoms with E-state index < -0.39 is 0 Å². The Balaban J connectivity index is 2.06. The van der Waals surface area contributed by atoms with E-state index >= 15 is 0 Å². The van der Waals surface area contributed by atoms with Crippen LogP contribution >= 0.6 is 15.9 Å². The number of nitrogens with one attached hydrogen (secondary N) is 1. The number of hydrogen-bond acceptors (Lipinski definition) is 4. The molecule has 0 atom stereocenters. The molecule has 23 heavy (non-hydrogen) atoms. The number of halogens is 1. The number of aromatic hydroxyl groups is 1. The lowest BCUT2D eigenvalue weighted by atomic mass is 10.1. The highest BCUT2D eigenvalue weighted by Gasteiger charge is 2.12. The second-order valence-electron chi connectivity index (χ2n) is 4.76. The van der Waals surface area contributed by atoms with Gasteiger partial charge in [0.2, 0.25) is 0 Å². The highest BCUT2D eigenvalue weighted by atomic mass is 79.9. The maximum absolute atomic E-state index is 12.1. The molecule has 6 heteroatoms. The molecule has 0 aliphatic rings. The Morgan fingerprint density at radius 1 is 1.22 bits per heavy atom. The van der Waals surface area contributed by atoms with Gasteiger partial charge in [-0.3, -0.25) is 4.79 Å². The van der Waals surface area contributed by atoms with Crippen molar-refractivity contribution >= 4 is 21.8 Å². The molecule has 2 aromatic carbocycles. The fraction of sp³-hybridized carbons (Fsp3) is 0.235. The first-order valence-corrected chi connectivity index (χ1v) is 7.91. The standard InChI is InChI=1S/C17H18BrNO4/c1-3-23-15-7-4-11(8-16(15)22-2)10-19-17(21)13-6-5-12(18)9-14(13)20/h4-9,20H,3,10H2,1-2H3,(H,19,21). The molecule has 0 fully saturated rings. The number of phenolic OH excluding ortho intramolecular Hbond substituents is 1. The molecule has 0 saturated heterocycles. The van der Waals surface area contributed by atoms with Gasteiger partial charge in [0.25, 0.3) is 5.91 Å². The van der Waals surface area contributed by atoms with Crippen molar-refractivity contribution in [3.63, 3.8) is 0 Å². The van der Waals surface area contributed by atoms with Crippen molar-refractivity contribution in [2.45, 2.75) is 13.5 Å². The van der Waals surface area contributed by atoms with E-state index in [1.54, 1.807) is 25.3 Å². The summed E-state index contributed by atoms with van der Waals surface area (Å²) in [6.45, 7) is 2.77. The van der Waals surface area contributed by atoms with Gasteiger partial charge in [-0.05, 0) is 42.8 Å². The highest BCUT2D eigenvalue weighted by molar-refractivity contribution is 9.10. The van der Waals surface area contributed by atoms with Crippen molar-refractivity contribution in [1.82, 2.24) is 5.32 Å². The summed E-state index contributed by atoms with van der Waals surface area (Å²) in [6.07, 6.45) is 0. The molecule has 2 aromatic rings. The number of methoxy groups -OCH3 is 1. The van der Waals surface area contributed by atoms with E-state index in [9.17, 15) is 9.90 Å². The monoisotopic (exact) mass is 379 g/mol. The topological polar surface area (TPSA) is 67.8 Å². The lowest BCUT2D eigenvalue weighted by Crippen LogP contribution is -2.22. The molecule has 0 unspecified atom stereocenters. The van der Waals surface area contributed by atoms with Gasteiger partial charge in [-0.15, -0.1) is 0 Å². The largest absolute Gasteiger partial charge is 0.507 e. The number of carbonyl (C=O) groups is 1. The summed E-state index contributed by atoms with van der Waals surface area (Å²) < 4.78 is 11.4. The van der Waals surface area contributed by atoms with Gasteiger partial charge in [0.05, 0.1) is 19.3 Å². The third-order valence-electron chi connectivity index (χ3n) is 3.19. The van der Waals surface area contributed by atoms with Crippen LogP contribution < -0.4 is 14.8 Å². The minimum Gasteiger partial charge on any atom is -0.507 e. The second-order valence-corrected chi connectivity index (χ2v) is 5.68. The zero-order valence-electron chi connectivity index (χ0n) is 12.9. The molecule has 0 aromatic heterocycles. The van der Waals surface area contributed by atoms with E-state index in [4.69, 9.17) is 9.47 Å². The molecule has 0 saturated carbocycles. The number of amides is 1. The number of ether oxygens (including phenoxy) is 2. The summed E-state index contributed by atoms with van der Waals surface area (Å²) in [4.78, 5) is 12.1. The van der Waals surface area contributed by atoms with Crippen LogP contribution in [0.15, 0.2) is 40.9 Å². The Labute approximate surface area is 143 Å². The Morgan fingerprint density at radius 2 is 2.00 bits per heavy atom. The summed E-state index contributed by atoms with van der Waals surface area (Å²) in [7, 11) is 1.57. The van der Waals surface area contributed by atoms with Crippen LogP contribution in [0.1, 0.15) is 22.8 Å². The fourth-order valence-electron chi connectivity index (χ4n) is 2.07. The highest BCUT2D eigenvalue weighted by Crippen LogP contribution is 2.28. The minimum absolute atomic E-state index is 0.0684. The Hall–Kier alpha value is -2.21. The molecule has 0 bridgehead atoms. The molecular weight excluding hydrogens is 362 g/mol. The zero-order valence-corrected chi connectivity index (χ0v) is 14.5. The first-order chi connectivity index (χ1) is 11.0. The van der Waals surface area contributed by atoms with Crippen molar-refractivity contribution in [3.05, 3.63) is 52.0 Å². The van der Waals surface area contributed by atoms with Crippen LogP contribution in [-0.4, -0.2) is 24.7 Å². The summed E-state index contributed by atoms with van der Waals surface area (Å²) in [5.41, 5.74) is 1.10. The van der Waals surface area contributed by atoms with Crippen LogP contribution in [0.2, 0.25) is 0 Å². The molecule has 0 aliphatic heterocycles. The van der Waals surface area contributed by atoms with Crippen molar-refractivity contribution in [3.8, 4) is 17.2 Å². The fourth-order valence-corrected chi connectivity index (χ4v) is 2.42. The first-order valence-electron chi connectivity index (χ1n) is 7.11. The molecule has 5 nitrogen and oxygen atoms in total. The lowest BCUT2D eigenvalue weighted by Gasteiger charge is -2.12. The van der Waals surface area contributed by atoms with Crippen molar-refractivity contribution in [2.75, 3.05) is 13.7 Å². The Bertz CT molecular complexity index is 703. The third-order valence-corrected chi connectivity index (χ3v) is 3.68. The summed E-state index contributed by atoms with van der Waals surface area (Å²) >= 11 is 3.24. The third kappa shape index (κ3) is 4.39. The van der Waals surface area contributed by atoms with E-state index in [0.29, 0.717) is 29.1 Å². The van der Waals surface area contributed by atoms with E-state index in [2.05, 4.69) is 21.2 Å². The second kappa shape index (κ2) is 7.87.